The van der Waals surface area contributed by atoms with Gasteiger partial charge < -0.3 is 4.98 Å². The van der Waals surface area contributed by atoms with Crippen molar-refractivity contribution in [3.8, 4) is 0 Å². The van der Waals surface area contributed by atoms with Gasteiger partial charge in [0.1, 0.15) is 0 Å². The minimum absolute atomic E-state index is 0.129. The first-order chi connectivity index (χ1) is 9.75. The van der Waals surface area contributed by atoms with Crippen molar-refractivity contribution < 1.29 is 0 Å². The van der Waals surface area contributed by atoms with E-state index in [9.17, 15) is 4.79 Å². The summed E-state index contributed by atoms with van der Waals surface area (Å²) in [7, 11) is 0. The number of pyridine rings is 1. The third kappa shape index (κ3) is 1.72. The van der Waals surface area contributed by atoms with E-state index in [-0.39, 0.29) is 10.4 Å². The molecule has 1 aromatic heterocycles. The molecule has 0 aliphatic heterocycles. The molecule has 0 radical (unpaired) electrons. The molecule has 3 heteroatoms. The van der Waals surface area contributed by atoms with Gasteiger partial charge in [0.05, 0.1) is 10.5 Å². The lowest BCUT2D eigenvalue weighted by atomic mass is 9.88. The molecule has 102 valence electrons. The number of halogens is 1. The van der Waals surface area contributed by atoms with E-state index in [0.29, 0.717) is 0 Å². The third-order valence-electron chi connectivity index (χ3n) is 4.62. The first kappa shape index (κ1) is 12.4. The van der Waals surface area contributed by atoms with E-state index in [1.807, 2.05) is 0 Å². The summed E-state index contributed by atoms with van der Waals surface area (Å²) in [6.45, 7) is 0. The molecule has 0 saturated carbocycles. The van der Waals surface area contributed by atoms with E-state index >= 15 is 0 Å². The number of hydrogen-bond acceptors (Lipinski definition) is 1. The molecular weight excluding hydrogens is 314 g/mol. The van der Waals surface area contributed by atoms with E-state index < -0.39 is 0 Å². The monoisotopic (exact) mass is 329 g/mol. The van der Waals surface area contributed by atoms with E-state index in [1.54, 1.807) is 0 Å². The molecule has 2 nitrogen and oxygen atoms in total. The quantitative estimate of drug-likeness (QED) is 0.726. The zero-order valence-electron chi connectivity index (χ0n) is 11.2. The molecule has 1 unspecified atom stereocenters. The second kappa shape index (κ2) is 4.59. The van der Waals surface area contributed by atoms with Crippen LogP contribution in [-0.4, -0.2) is 9.81 Å². The van der Waals surface area contributed by atoms with Crippen molar-refractivity contribution in [1.29, 1.82) is 0 Å². The van der Waals surface area contributed by atoms with Crippen molar-refractivity contribution >= 4 is 21.5 Å². The molecule has 3 aliphatic carbocycles. The number of alkyl halides is 1. The Labute approximate surface area is 126 Å². The predicted molar refractivity (Wildman–Crippen MR) is 85.3 cm³/mol. The van der Waals surface area contributed by atoms with Crippen LogP contribution in [0.3, 0.4) is 0 Å². The van der Waals surface area contributed by atoms with E-state index in [0.717, 1.165) is 36.9 Å². The number of aromatic nitrogens is 1. The molecule has 0 fully saturated rings. The lowest BCUT2D eigenvalue weighted by Crippen LogP contribution is -2.22. The average molecular weight is 330 g/mol. The van der Waals surface area contributed by atoms with Crippen LogP contribution in [0.4, 0.5) is 0 Å². The van der Waals surface area contributed by atoms with Gasteiger partial charge in [0.2, 0.25) is 0 Å². The Bertz CT molecular complexity index is 736. The van der Waals surface area contributed by atoms with Crippen LogP contribution in [0.2, 0.25) is 0 Å². The maximum Gasteiger partial charge on any atom is 0.251 e. The number of aromatic amines is 1. The molecule has 1 atom stereocenters. The van der Waals surface area contributed by atoms with Gasteiger partial charge in [-0.1, -0.05) is 40.2 Å². The number of rotatable bonds is 0. The van der Waals surface area contributed by atoms with Gasteiger partial charge in [0.25, 0.3) is 5.56 Å². The van der Waals surface area contributed by atoms with Crippen LogP contribution in [0, 0.1) is 0 Å². The van der Waals surface area contributed by atoms with Crippen LogP contribution in [-0.2, 0) is 19.3 Å². The van der Waals surface area contributed by atoms with Crippen molar-refractivity contribution in [3.63, 3.8) is 0 Å². The highest BCUT2D eigenvalue weighted by molar-refractivity contribution is 9.09. The molecule has 1 aromatic rings. The first-order valence-corrected chi connectivity index (χ1v) is 8.16. The lowest BCUT2D eigenvalue weighted by molar-refractivity contribution is 0.670. The zero-order chi connectivity index (χ0) is 13.7. The van der Waals surface area contributed by atoms with Gasteiger partial charge in [0, 0.05) is 5.56 Å². The van der Waals surface area contributed by atoms with Crippen LogP contribution in [0.1, 0.15) is 35.2 Å². The van der Waals surface area contributed by atoms with Crippen LogP contribution in [0.5, 0.6) is 0 Å². The van der Waals surface area contributed by atoms with Gasteiger partial charge in [-0.3, -0.25) is 4.79 Å². The second-order valence-corrected chi connectivity index (χ2v) is 6.72. The van der Waals surface area contributed by atoms with Gasteiger partial charge in [-0.15, -0.1) is 0 Å². The number of nitrogens with one attached hydrogen (secondary N) is 1. The van der Waals surface area contributed by atoms with Crippen molar-refractivity contribution in [1.82, 2.24) is 4.98 Å². The summed E-state index contributed by atoms with van der Waals surface area (Å²) in [4.78, 5) is 15.8. The van der Waals surface area contributed by atoms with Crippen LogP contribution < -0.4 is 5.56 Å². The van der Waals surface area contributed by atoms with Crippen LogP contribution in [0.15, 0.2) is 34.7 Å². The first-order valence-electron chi connectivity index (χ1n) is 7.25. The molecule has 3 aliphatic rings. The molecule has 0 aromatic carbocycles. The molecule has 20 heavy (non-hydrogen) atoms. The summed E-state index contributed by atoms with van der Waals surface area (Å²) >= 11 is 3.74. The molecule has 0 bridgehead atoms. The van der Waals surface area contributed by atoms with Crippen LogP contribution >= 0.6 is 15.9 Å². The van der Waals surface area contributed by atoms with E-state index in [4.69, 9.17) is 0 Å². The fourth-order valence-electron chi connectivity index (χ4n) is 3.64. The minimum Gasteiger partial charge on any atom is -0.321 e. The predicted octanol–water partition coefficient (Wildman–Crippen LogP) is 3.45. The van der Waals surface area contributed by atoms with Crippen molar-refractivity contribution in [2.45, 2.75) is 36.9 Å². The number of hydrogen-bond donors (Lipinski definition) is 1. The number of allylic oxidation sites excluding steroid dienone is 6. The second-order valence-electron chi connectivity index (χ2n) is 5.73. The van der Waals surface area contributed by atoms with Crippen molar-refractivity contribution in [2.75, 3.05) is 0 Å². The fraction of sp³-hybridized carbons (Fsp3) is 0.353. The molecule has 4 rings (SSSR count). The highest BCUT2D eigenvalue weighted by Gasteiger charge is 2.29. The normalized spacial score (nSPS) is 23.4. The topological polar surface area (TPSA) is 32.9 Å². The minimum atomic E-state index is 0.129. The molecule has 1 N–H and O–H groups in total. The fourth-order valence-corrected chi connectivity index (χ4v) is 4.23. The van der Waals surface area contributed by atoms with Gasteiger partial charge >= 0.3 is 0 Å². The third-order valence-corrected chi connectivity index (χ3v) is 5.47. The van der Waals surface area contributed by atoms with Crippen LogP contribution in [0.25, 0.3) is 5.57 Å². The Kier molecular flexibility index (Phi) is 2.84. The number of fused-ring (bicyclic) bond motifs is 4. The molecular formula is C17H16BrNO. The molecule has 1 heterocycles. The zero-order valence-corrected chi connectivity index (χ0v) is 12.8. The Morgan fingerprint density at radius 3 is 2.75 bits per heavy atom. The summed E-state index contributed by atoms with van der Waals surface area (Å²) < 4.78 is 0. The van der Waals surface area contributed by atoms with Crippen molar-refractivity contribution in [3.05, 3.63) is 62.6 Å². The van der Waals surface area contributed by atoms with Gasteiger partial charge in [-0.05, 0) is 54.4 Å². The largest absolute Gasteiger partial charge is 0.321 e. The number of H-pyrrole nitrogens is 1. The summed E-state index contributed by atoms with van der Waals surface area (Å²) in [5, 5.41) is 0. The maximum atomic E-state index is 12.3. The molecule has 0 saturated heterocycles. The standard InChI is InChI=1S/C17H16BrNO/c18-15-8-4-3-6-11-13(15)9-14-10-5-1-2-7-12(10)17(20)19-16(11)14/h3-4,6,8,15H,1-2,5,7,9H2,(H,19,20). The van der Waals surface area contributed by atoms with E-state index in [2.05, 4.69) is 45.2 Å². The highest BCUT2D eigenvalue weighted by Crippen LogP contribution is 2.40. The lowest BCUT2D eigenvalue weighted by Gasteiger charge is -2.18. The SMILES string of the molecule is O=c1[nH]c2c(c3c1CCCC3)CC1=C2C=CC=CC1Br. The summed E-state index contributed by atoms with van der Waals surface area (Å²) in [6, 6.07) is 0. The smallest absolute Gasteiger partial charge is 0.251 e. The summed E-state index contributed by atoms with van der Waals surface area (Å²) in [5.41, 5.74) is 7.52. The Hall–Kier alpha value is -1.35. The van der Waals surface area contributed by atoms with Gasteiger partial charge in [-0.25, -0.2) is 0 Å². The summed E-state index contributed by atoms with van der Waals surface area (Å²) in [5.74, 6) is 0. The highest BCUT2D eigenvalue weighted by atomic mass is 79.9. The Balaban J connectivity index is 1.94. The average Bonchev–Trinajstić information content (AvgIpc) is 2.72. The van der Waals surface area contributed by atoms with E-state index in [1.165, 1.54) is 28.7 Å². The maximum absolute atomic E-state index is 12.3. The van der Waals surface area contributed by atoms with Gasteiger partial charge in [0.15, 0.2) is 0 Å². The Morgan fingerprint density at radius 1 is 1.10 bits per heavy atom. The van der Waals surface area contributed by atoms with Gasteiger partial charge in [-0.2, -0.15) is 0 Å². The molecule has 0 amide bonds. The Morgan fingerprint density at radius 2 is 1.90 bits per heavy atom. The molecule has 0 spiro atoms. The summed E-state index contributed by atoms with van der Waals surface area (Å²) in [6.07, 6.45) is 13.7. The van der Waals surface area contributed by atoms with Crippen molar-refractivity contribution in [2.24, 2.45) is 0 Å².